The van der Waals surface area contributed by atoms with Crippen LogP contribution in [0.4, 0.5) is 5.82 Å². The fourth-order valence-electron chi connectivity index (χ4n) is 3.51. The number of benzene rings is 2. The van der Waals surface area contributed by atoms with Crippen molar-refractivity contribution in [2.45, 2.75) is 26.3 Å². The summed E-state index contributed by atoms with van der Waals surface area (Å²) in [6.45, 7) is 5.35. The predicted octanol–water partition coefficient (Wildman–Crippen LogP) is 5.82. The molecule has 0 saturated heterocycles. The maximum absolute atomic E-state index is 5.48. The highest BCUT2D eigenvalue weighted by Gasteiger charge is 2.15. The van der Waals surface area contributed by atoms with Gasteiger partial charge in [-0.25, -0.2) is 9.97 Å². The molecule has 146 valence electrons. The van der Waals surface area contributed by atoms with Gasteiger partial charge in [0.05, 0.1) is 5.39 Å². The zero-order chi connectivity index (χ0) is 19.8. The molecule has 4 aromatic rings. The van der Waals surface area contributed by atoms with Crippen LogP contribution in [0.3, 0.4) is 0 Å². The summed E-state index contributed by atoms with van der Waals surface area (Å²) in [5.41, 5.74) is 4.79. The highest BCUT2D eigenvalue weighted by atomic mass is 32.1. The first-order chi connectivity index (χ1) is 14.2. The number of hydrogen-bond donors (Lipinski definition) is 1. The summed E-state index contributed by atoms with van der Waals surface area (Å²) in [7, 11) is 0. The second-order valence-electron chi connectivity index (χ2n) is 7.37. The van der Waals surface area contributed by atoms with Crippen LogP contribution in [-0.2, 0) is 6.54 Å². The van der Waals surface area contributed by atoms with Crippen molar-refractivity contribution in [1.29, 1.82) is 0 Å². The van der Waals surface area contributed by atoms with E-state index in [-0.39, 0.29) is 6.79 Å². The molecule has 0 amide bonds. The second kappa shape index (κ2) is 7.37. The lowest BCUT2D eigenvalue weighted by Crippen LogP contribution is -2.02. The van der Waals surface area contributed by atoms with Crippen molar-refractivity contribution < 1.29 is 9.47 Å². The Hall–Kier alpha value is -3.12. The number of aromatic nitrogens is 2. The third kappa shape index (κ3) is 3.40. The molecule has 6 heteroatoms. The molecule has 0 spiro atoms. The maximum atomic E-state index is 5.48. The van der Waals surface area contributed by atoms with Gasteiger partial charge in [-0.15, -0.1) is 11.3 Å². The molecule has 2 aromatic carbocycles. The fourth-order valence-corrected chi connectivity index (χ4v) is 4.42. The molecule has 0 saturated carbocycles. The Morgan fingerprint density at radius 1 is 1.03 bits per heavy atom. The molecule has 29 heavy (non-hydrogen) atoms. The molecule has 1 aliphatic heterocycles. The SMILES string of the molecule is CC(C)c1ccc(-c2csc3ncnc(NCc4ccc5c(c4)OCO5)c23)cc1. The van der Waals surface area contributed by atoms with E-state index in [0.29, 0.717) is 12.5 Å². The largest absolute Gasteiger partial charge is 0.454 e. The van der Waals surface area contributed by atoms with Crippen LogP contribution in [0.15, 0.2) is 54.2 Å². The van der Waals surface area contributed by atoms with Crippen molar-refractivity contribution in [2.75, 3.05) is 12.1 Å². The van der Waals surface area contributed by atoms with E-state index in [9.17, 15) is 0 Å². The number of rotatable bonds is 5. The minimum Gasteiger partial charge on any atom is -0.454 e. The van der Waals surface area contributed by atoms with Gasteiger partial charge in [0.25, 0.3) is 0 Å². The number of fused-ring (bicyclic) bond motifs is 2. The lowest BCUT2D eigenvalue weighted by molar-refractivity contribution is 0.174. The van der Waals surface area contributed by atoms with Crippen LogP contribution < -0.4 is 14.8 Å². The van der Waals surface area contributed by atoms with E-state index in [1.807, 2.05) is 18.2 Å². The smallest absolute Gasteiger partial charge is 0.231 e. The number of nitrogens with zero attached hydrogens (tertiary/aromatic N) is 2. The van der Waals surface area contributed by atoms with Gasteiger partial charge in [-0.05, 0) is 34.7 Å². The number of hydrogen-bond acceptors (Lipinski definition) is 6. The summed E-state index contributed by atoms with van der Waals surface area (Å²) in [6.07, 6.45) is 1.62. The molecule has 1 aliphatic rings. The molecule has 3 heterocycles. The molecule has 1 N–H and O–H groups in total. The van der Waals surface area contributed by atoms with Gasteiger partial charge in [-0.2, -0.15) is 0 Å². The van der Waals surface area contributed by atoms with Crippen molar-refractivity contribution in [1.82, 2.24) is 9.97 Å². The molecule has 5 rings (SSSR count). The molecule has 5 nitrogen and oxygen atoms in total. The number of nitrogens with one attached hydrogen (secondary N) is 1. The van der Waals surface area contributed by atoms with Gasteiger partial charge in [0.15, 0.2) is 11.5 Å². The Morgan fingerprint density at radius 2 is 1.86 bits per heavy atom. The minimum absolute atomic E-state index is 0.284. The highest BCUT2D eigenvalue weighted by Crippen LogP contribution is 2.37. The average Bonchev–Trinajstić information content (AvgIpc) is 3.39. The van der Waals surface area contributed by atoms with E-state index >= 15 is 0 Å². The molecule has 0 bridgehead atoms. The van der Waals surface area contributed by atoms with Gasteiger partial charge in [0, 0.05) is 17.5 Å². The normalized spacial score (nSPS) is 12.7. The van der Waals surface area contributed by atoms with E-state index in [1.165, 1.54) is 11.1 Å². The van der Waals surface area contributed by atoms with E-state index in [1.54, 1.807) is 17.7 Å². The second-order valence-corrected chi connectivity index (χ2v) is 8.23. The van der Waals surface area contributed by atoms with Gasteiger partial charge in [-0.3, -0.25) is 0 Å². The van der Waals surface area contributed by atoms with Crippen molar-refractivity contribution in [3.8, 4) is 22.6 Å². The van der Waals surface area contributed by atoms with E-state index in [0.717, 1.165) is 38.7 Å². The Labute approximate surface area is 173 Å². The summed E-state index contributed by atoms with van der Waals surface area (Å²) in [6, 6.07) is 14.8. The van der Waals surface area contributed by atoms with E-state index in [2.05, 4.69) is 58.8 Å². The quantitative estimate of drug-likeness (QED) is 0.455. The van der Waals surface area contributed by atoms with Gasteiger partial charge in [0.1, 0.15) is 17.0 Å². The monoisotopic (exact) mass is 403 g/mol. The van der Waals surface area contributed by atoms with Crippen LogP contribution in [0.5, 0.6) is 11.5 Å². The average molecular weight is 404 g/mol. The third-order valence-corrected chi connectivity index (χ3v) is 6.04. The maximum Gasteiger partial charge on any atom is 0.231 e. The molecule has 0 atom stereocenters. The summed E-state index contributed by atoms with van der Waals surface area (Å²) in [5, 5.41) is 6.71. The van der Waals surface area contributed by atoms with Crippen LogP contribution in [0.2, 0.25) is 0 Å². The standard InChI is InChI=1S/C23H21N3O2S/c1-14(2)16-4-6-17(7-5-16)18-11-29-23-21(18)22(25-12-26-23)24-10-15-3-8-19-20(9-15)28-13-27-19/h3-9,11-12,14H,10,13H2,1-2H3,(H,24,25,26). The summed E-state index contributed by atoms with van der Waals surface area (Å²) in [5.74, 6) is 2.95. The van der Waals surface area contributed by atoms with Gasteiger partial charge >= 0.3 is 0 Å². The first-order valence-electron chi connectivity index (χ1n) is 9.64. The van der Waals surface area contributed by atoms with E-state index in [4.69, 9.17) is 9.47 Å². The molecule has 0 radical (unpaired) electrons. The Balaban J connectivity index is 1.46. The van der Waals surface area contributed by atoms with Crippen LogP contribution in [0, 0.1) is 0 Å². The molecule has 0 aliphatic carbocycles. The topological polar surface area (TPSA) is 56.3 Å². The Bertz CT molecular complexity index is 1170. The van der Waals surface area contributed by atoms with Crippen molar-refractivity contribution in [3.63, 3.8) is 0 Å². The summed E-state index contributed by atoms with van der Waals surface area (Å²) in [4.78, 5) is 9.98. The lowest BCUT2D eigenvalue weighted by atomic mass is 9.99. The number of ether oxygens (including phenoxy) is 2. The third-order valence-electron chi connectivity index (χ3n) is 5.16. The number of thiophene rings is 1. The number of anilines is 1. The van der Waals surface area contributed by atoms with Crippen molar-refractivity contribution in [2.24, 2.45) is 0 Å². The lowest BCUT2D eigenvalue weighted by Gasteiger charge is -2.10. The molecule has 2 aromatic heterocycles. The Morgan fingerprint density at radius 3 is 2.69 bits per heavy atom. The summed E-state index contributed by atoms with van der Waals surface area (Å²) < 4.78 is 10.9. The van der Waals surface area contributed by atoms with Crippen LogP contribution >= 0.6 is 11.3 Å². The first kappa shape index (κ1) is 17.9. The Kier molecular flexibility index (Phi) is 4.56. The van der Waals surface area contributed by atoms with Gasteiger partial charge in [0.2, 0.25) is 6.79 Å². The predicted molar refractivity (Wildman–Crippen MR) is 117 cm³/mol. The van der Waals surface area contributed by atoms with Crippen LogP contribution in [-0.4, -0.2) is 16.8 Å². The van der Waals surface area contributed by atoms with Gasteiger partial charge in [-0.1, -0.05) is 44.2 Å². The first-order valence-corrected chi connectivity index (χ1v) is 10.5. The minimum atomic E-state index is 0.284. The van der Waals surface area contributed by atoms with Crippen LogP contribution in [0.1, 0.15) is 30.9 Å². The zero-order valence-corrected chi connectivity index (χ0v) is 17.1. The van der Waals surface area contributed by atoms with E-state index < -0.39 is 0 Å². The zero-order valence-electron chi connectivity index (χ0n) is 16.3. The molecule has 0 unspecified atom stereocenters. The highest BCUT2D eigenvalue weighted by molar-refractivity contribution is 7.17. The molecular weight excluding hydrogens is 382 g/mol. The summed E-state index contributed by atoms with van der Waals surface area (Å²) >= 11 is 1.64. The van der Waals surface area contributed by atoms with Crippen molar-refractivity contribution >= 4 is 27.4 Å². The fraction of sp³-hybridized carbons (Fsp3) is 0.217. The van der Waals surface area contributed by atoms with Crippen molar-refractivity contribution in [3.05, 3.63) is 65.3 Å². The van der Waals surface area contributed by atoms with Gasteiger partial charge < -0.3 is 14.8 Å². The van der Waals surface area contributed by atoms with Crippen LogP contribution in [0.25, 0.3) is 21.3 Å². The molecular formula is C23H21N3O2S. The molecule has 0 fully saturated rings.